The number of carbonyl (C=O) groups is 1. The Kier molecular flexibility index (Phi) is 6.13. The van der Waals surface area contributed by atoms with E-state index < -0.39 is 10.0 Å². The van der Waals surface area contributed by atoms with Gasteiger partial charge < -0.3 is 9.88 Å². The number of amides is 1. The van der Waals surface area contributed by atoms with Crippen LogP contribution in [0, 0.1) is 6.92 Å². The monoisotopic (exact) mass is 482 g/mol. The van der Waals surface area contributed by atoms with E-state index in [2.05, 4.69) is 26.2 Å². The molecule has 3 N–H and O–H groups in total. The van der Waals surface area contributed by atoms with Gasteiger partial charge in [0.25, 0.3) is 0 Å². The number of primary sulfonamides is 1. The number of aromatic nitrogens is 2. The zero-order chi connectivity index (χ0) is 20.5. The Balaban J connectivity index is 1.78. The molecule has 0 aliphatic rings. The fraction of sp³-hybridized carbons (Fsp3) is 0.222. The lowest BCUT2D eigenvalue weighted by molar-refractivity contribution is -0.113. The summed E-state index contributed by atoms with van der Waals surface area (Å²) in [5.74, 6) is 0.0382. The van der Waals surface area contributed by atoms with Gasteiger partial charge in [-0.05, 0) is 55.8 Å². The lowest BCUT2D eigenvalue weighted by Gasteiger charge is -2.09. The number of hydrogen-bond acceptors (Lipinski definition) is 5. The number of halogens is 1. The van der Waals surface area contributed by atoms with Gasteiger partial charge in [-0.15, -0.1) is 0 Å². The van der Waals surface area contributed by atoms with Crippen molar-refractivity contribution in [3.8, 4) is 0 Å². The number of imidazole rings is 1. The van der Waals surface area contributed by atoms with E-state index in [1.54, 1.807) is 6.07 Å². The molecule has 0 aliphatic carbocycles. The van der Waals surface area contributed by atoms with E-state index in [0.717, 1.165) is 21.2 Å². The maximum Gasteiger partial charge on any atom is 0.238 e. The van der Waals surface area contributed by atoms with Crippen molar-refractivity contribution in [1.82, 2.24) is 9.55 Å². The van der Waals surface area contributed by atoms with Gasteiger partial charge in [0, 0.05) is 16.7 Å². The van der Waals surface area contributed by atoms with Gasteiger partial charge in [-0.2, -0.15) is 0 Å². The second-order valence-corrected chi connectivity index (χ2v) is 9.55. The first-order valence-electron chi connectivity index (χ1n) is 8.41. The summed E-state index contributed by atoms with van der Waals surface area (Å²) < 4.78 is 26.0. The summed E-state index contributed by atoms with van der Waals surface area (Å²) in [7, 11) is -3.80. The highest BCUT2D eigenvalue weighted by Crippen LogP contribution is 2.26. The van der Waals surface area contributed by atoms with Crippen LogP contribution >= 0.6 is 27.7 Å². The van der Waals surface area contributed by atoms with Gasteiger partial charge in [-0.25, -0.2) is 18.5 Å². The van der Waals surface area contributed by atoms with Crippen molar-refractivity contribution in [2.45, 2.75) is 30.4 Å². The second kappa shape index (κ2) is 8.24. The molecule has 0 spiro atoms. The highest BCUT2D eigenvalue weighted by molar-refractivity contribution is 9.10. The number of nitrogens with zero attached hydrogens (tertiary/aromatic N) is 2. The fourth-order valence-electron chi connectivity index (χ4n) is 2.76. The minimum absolute atomic E-state index is 0.0146. The standard InChI is InChI=1S/C18H19BrN4O3S2/c1-3-23-16-7-5-13(28(20,25)26)9-15(16)22-18(23)27-10-17(24)21-14-6-4-12(19)8-11(14)2/h4-9H,3,10H2,1-2H3,(H,21,24)(H2,20,25,26). The first-order chi connectivity index (χ1) is 13.2. The zero-order valence-corrected chi connectivity index (χ0v) is 18.5. The highest BCUT2D eigenvalue weighted by atomic mass is 79.9. The Bertz CT molecular complexity index is 1160. The van der Waals surface area contributed by atoms with Crippen molar-refractivity contribution < 1.29 is 13.2 Å². The number of carbonyl (C=O) groups excluding carboxylic acids is 1. The van der Waals surface area contributed by atoms with Gasteiger partial charge in [0.2, 0.25) is 15.9 Å². The van der Waals surface area contributed by atoms with Gasteiger partial charge in [-0.1, -0.05) is 27.7 Å². The summed E-state index contributed by atoms with van der Waals surface area (Å²) in [5, 5.41) is 8.73. The van der Waals surface area contributed by atoms with Crippen molar-refractivity contribution in [3.05, 3.63) is 46.4 Å². The van der Waals surface area contributed by atoms with Gasteiger partial charge in [-0.3, -0.25) is 4.79 Å². The van der Waals surface area contributed by atoms with Crippen LogP contribution in [0.25, 0.3) is 11.0 Å². The van der Waals surface area contributed by atoms with E-state index in [1.807, 2.05) is 36.6 Å². The largest absolute Gasteiger partial charge is 0.325 e. The number of hydrogen-bond donors (Lipinski definition) is 2. The molecule has 1 aromatic heterocycles. The molecule has 0 saturated heterocycles. The maximum atomic E-state index is 12.3. The molecule has 0 unspecified atom stereocenters. The van der Waals surface area contributed by atoms with Gasteiger partial charge in [0.05, 0.1) is 21.7 Å². The predicted molar refractivity (Wildman–Crippen MR) is 115 cm³/mol. The van der Waals surface area contributed by atoms with E-state index in [4.69, 9.17) is 5.14 Å². The van der Waals surface area contributed by atoms with Crippen LogP contribution in [-0.2, 0) is 21.4 Å². The van der Waals surface area contributed by atoms with Crippen molar-refractivity contribution in [2.75, 3.05) is 11.1 Å². The van der Waals surface area contributed by atoms with Crippen LogP contribution in [0.1, 0.15) is 12.5 Å². The number of aryl methyl sites for hydroxylation is 2. The number of nitrogens with one attached hydrogen (secondary N) is 1. The summed E-state index contributed by atoms with van der Waals surface area (Å²) in [5.41, 5.74) is 3.04. The fourth-order valence-corrected chi connectivity index (χ4v) is 4.65. The number of rotatable bonds is 6. The smallest absolute Gasteiger partial charge is 0.238 e. The van der Waals surface area contributed by atoms with Crippen LogP contribution in [0.4, 0.5) is 5.69 Å². The van der Waals surface area contributed by atoms with Crippen LogP contribution in [0.5, 0.6) is 0 Å². The van der Waals surface area contributed by atoms with E-state index >= 15 is 0 Å². The van der Waals surface area contributed by atoms with Gasteiger partial charge >= 0.3 is 0 Å². The maximum absolute atomic E-state index is 12.3. The number of sulfonamides is 1. The molecule has 2 aromatic carbocycles. The van der Waals surface area contributed by atoms with Crippen LogP contribution < -0.4 is 10.5 Å². The lowest BCUT2D eigenvalue weighted by Crippen LogP contribution is -2.15. The predicted octanol–water partition coefficient (Wildman–Crippen LogP) is 3.51. The molecule has 0 atom stereocenters. The van der Waals surface area contributed by atoms with Crippen LogP contribution in [-0.4, -0.2) is 29.6 Å². The third-order valence-electron chi connectivity index (χ3n) is 4.12. The second-order valence-electron chi connectivity index (χ2n) is 6.13. The third-order valence-corrected chi connectivity index (χ3v) is 6.50. The molecule has 0 radical (unpaired) electrons. The van der Waals surface area contributed by atoms with Crippen molar-refractivity contribution >= 4 is 60.3 Å². The molecule has 10 heteroatoms. The number of anilines is 1. The average molecular weight is 483 g/mol. The van der Waals surface area contributed by atoms with Gasteiger partial charge in [0.1, 0.15) is 0 Å². The van der Waals surface area contributed by atoms with E-state index in [-0.39, 0.29) is 16.6 Å². The molecule has 0 fully saturated rings. The molecule has 0 bridgehead atoms. The molecular weight excluding hydrogens is 464 g/mol. The lowest BCUT2D eigenvalue weighted by atomic mass is 10.2. The van der Waals surface area contributed by atoms with Crippen molar-refractivity contribution in [1.29, 1.82) is 0 Å². The topological polar surface area (TPSA) is 107 Å². The summed E-state index contributed by atoms with van der Waals surface area (Å²) >= 11 is 4.70. The quantitative estimate of drug-likeness (QED) is 0.522. The SMILES string of the molecule is CCn1c(SCC(=O)Nc2ccc(Br)cc2C)nc2cc(S(N)(=O)=O)ccc21. The van der Waals surface area contributed by atoms with Crippen LogP contribution in [0.3, 0.4) is 0 Å². The Morgan fingerprint density at radius 3 is 2.68 bits per heavy atom. The number of benzene rings is 2. The number of thioether (sulfide) groups is 1. The Morgan fingerprint density at radius 2 is 2.04 bits per heavy atom. The summed E-state index contributed by atoms with van der Waals surface area (Å²) in [4.78, 5) is 16.8. The van der Waals surface area contributed by atoms with E-state index in [0.29, 0.717) is 17.2 Å². The molecule has 1 heterocycles. The van der Waals surface area contributed by atoms with Crippen LogP contribution in [0.15, 0.2) is 50.9 Å². The molecule has 0 saturated carbocycles. The van der Waals surface area contributed by atoms with E-state index in [9.17, 15) is 13.2 Å². The molecule has 28 heavy (non-hydrogen) atoms. The molecule has 3 aromatic rings. The Morgan fingerprint density at radius 1 is 1.29 bits per heavy atom. The Hall–Kier alpha value is -1.88. The minimum atomic E-state index is -3.80. The molecular formula is C18H19BrN4O3S2. The summed E-state index contributed by atoms with van der Waals surface area (Å²) in [6.07, 6.45) is 0. The minimum Gasteiger partial charge on any atom is -0.325 e. The molecule has 7 nitrogen and oxygen atoms in total. The molecule has 1 amide bonds. The molecule has 148 valence electrons. The number of nitrogens with two attached hydrogens (primary N) is 1. The first kappa shape index (κ1) is 20.8. The Labute approximate surface area is 175 Å². The normalized spacial score (nSPS) is 11.7. The highest BCUT2D eigenvalue weighted by Gasteiger charge is 2.15. The summed E-state index contributed by atoms with van der Waals surface area (Å²) in [6.45, 7) is 4.53. The molecule has 0 aliphatic heterocycles. The van der Waals surface area contributed by atoms with Crippen LogP contribution in [0.2, 0.25) is 0 Å². The third kappa shape index (κ3) is 4.57. The summed E-state index contributed by atoms with van der Waals surface area (Å²) in [6, 6.07) is 10.2. The first-order valence-corrected chi connectivity index (χ1v) is 11.7. The van der Waals surface area contributed by atoms with Crippen molar-refractivity contribution in [2.24, 2.45) is 5.14 Å². The molecule has 3 rings (SSSR count). The average Bonchev–Trinajstić information content (AvgIpc) is 2.98. The van der Waals surface area contributed by atoms with E-state index in [1.165, 1.54) is 23.9 Å². The number of fused-ring (bicyclic) bond motifs is 1. The van der Waals surface area contributed by atoms with Crippen molar-refractivity contribution in [3.63, 3.8) is 0 Å². The van der Waals surface area contributed by atoms with Gasteiger partial charge in [0.15, 0.2) is 5.16 Å². The zero-order valence-electron chi connectivity index (χ0n) is 15.3.